The second kappa shape index (κ2) is 9.88. The van der Waals surface area contributed by atoms with Crippen LogP contribution in [0.2, 0.25) is 0 Å². The van der Waals surface area contributed by atoms with Gasteiger partial charge >= 0.3 is 0 Å². The average molecular weight is 463 g/mol. The number of sulfonamides is 1. The van der Waals surface area contributed by atoms with Gasteiger partial charge in [-0.25, -0.2) is 8.42 Å². The predicted octanol–water partition coefficient (Wildman–Crippen LogP) is 1.55. The molecule has 11 heteroatoms. The number of nitrogens with two attached hydrogens (primary N) is 2. The van der Waals surface area contributed by atoms with Gasteiger partial charge in [0.25, 0.3) is 15.9 Å². The monoisotopic (exact) mass is 462 g/mol. The zero-order valence-electron chi connectivity index (χ0n) is 17.4. The zero-order valence-corrected chi connectivity index (χ0v) is 18.2. The van der Waals surface area contributed by atoms with Crippen molar-refractivity contribution in [3.63, 3.8) is 0 Å². The van der Waals surface area contributed by atoms with E-state index in [1.54, 1.807) is 12.1 Å². The molecule has 0 fully saturated rings. The van der Waals surface area contributed by atoms with Crippen molar-refractivity contribution in [2.24, 2.45) is 11.5 Å². The number of fused-ring (bicyclic) bond motifs is 3. The lowest BCUT2D eigenvalue weighted by atomic mass is 10.0. The minimum atomic E-state index is -4.24. The molecule has 1 aliphatic heterocycles. The number of nitrogens with one attached hydrogen (secondary N) is 2. The highest BCUT2D eigenvalue weighted by atomic mass is 32.2. The lowest BCUT2D eigenvalue weighted by Gasteiger charge is -2.17. The summed E-state index contributed by atoms with van der Waals surface area (Å²) in [5.74, 6) is -2.11. The molecule has 0 spiro atoms. The van der Waals surface area contributed by atoms with E-state index in [2.05, 4.69) is 10.0 Å². The molecule has 0 radical (unpaired) electrons. The molecule has 32 heavy (non-hydrogen) atoms. The van der Waals surface area contributed by atoms with Gasteiger partial charge in [0, 0.05) is 30.5 Å². The summed E-state index contributed by atoms with van der Waals surface area (Å²) in [6.45, 7) is 1.15. The van der Waals surface area contributed by atoms with Crippen molar-refractivity contribution >= 4 is 33.2 Å². The Hall–Kier alpha value is -3.31. The standard InChI is InChI=1S/C21H26N4O6S/c22-20(27)14-8-13-4-2-1-3-6-31-7-5-24-17-12-18(26)16(21(23)28)11-19(17)32(29,30)25-15(9-13)10-14/h8-12,24-26H,1-7H2,(H2,22,27)(H2,23,28). The largest absolute Gasteiger partial charge is 0.507 e. The minimum absolute atomic E-state index is 0.0713. The maximum absolute atomic E-state index is 13.2. The van der Waals surface area contributed by atoms with Crippen molar-refractivity contribution in [3.8, 4) is 5.75 Å². The Morgan fingerprint density at radius 3 is 2.47 bits per heavy atom. The summed E-state index contributed by atoms with van der Waals surface area (Å²) >= 11 is 0. The fourth-order valence-corrected chi connectivity index (χ4v) is 4.68. The molecule has 10 nitrogen and oxygen atoms in total. The molecule has 0 atom stereocenters. The van der Waals surface area contributed by atoms with E-state index in [4.69, 9.17) is 16.2 Å². The first-order valence-electron chi connectivity index (χ1n) is 10.1. The summed E-state index contributed by atoms with van der Waals surface area (Å²) in [5, 5.41) is 13.0. The molecular weight excluding hydrogens is 436 g/mol. The van der Waals surface area contributed by atoms with Gasteiger partial charge in [0.1, 0.15) is 10.6 Å². The van der Waals surface area contributed by atoms with Crippen molar-refractivity contribution in [2.45, 2.75) is 30.6 Å². The van der Waals surface area contributed by atoms with Crippen molar-refractivity contribution in [3.05, 3.63) is 47.0 Å². The molecule has 0 aromatic heterocycles. The third-order valence-corrected chi connectivity index (χ3v) is 6.42. The Morgan fingerprint density at radius 2 is 1.75 bits per heavy atom. The summed E-state index contributed by atoms with van der Waals surface area (Å²) in [5.41, 5.74) is 11.5. The first-order chi connectivity index (χ1) is 15.2. The van der Waals surface area contributed by atoms with Crippen molar-refractivity contribution < 1.29 is 27.9 Å². The molecule has 7 N–H and O–H groups in total. The number of phenols is 1. The van der Waals surface area contributed by atoms with Crippen LogP contribution in [0.1, 0.15) is 45.5 Å². The highest BCUT2D eigenvalue weighted by molar-refractivity contribution is 7.92. The van der Waals surface area contributed by atoms with E-state index in [0.29, 0.717) is 19.6 Å². The smallest absolute Gasteiger partial charge is 0.263 e. The van der Waals surface area contributed by atoms with Gasteiger partial charge in [-0.15, -0.1) is 0 Å². The summed E-state index contributed by atoms with van der Waals surface area (Å²) in [6.07, 6.45) is 3.23. The number of primary amides is 2. The van der Waals surface area contributed by atoms with Gasteiger partial charge in [-0.1, -0.05) is 6.42 Å². The van der Waals surface area contributed by atoms with Crippen molar-refractivity contribution in [1.29, 1.82) is 0 Å². The molecule has 0 unspecified atom stereocenters. The number of rotatable bonds is 2. The van der Waals surface area contributed by atoms with Crippen LogP contribution >= 0.6 is 0 Å². The van der Waals surface area contributed by atoms with Gasteiger partial charge in [-0.2, -0.15) is 0 Å². The van der Waals surface area contributed by atoms with Crippen LogP contribution in [0, 0.1) is 0 Å². The molecule has 2 bridgehead atoms. The van der Waals surface area contributed by atoms with E-state index < -0.39 is 27.6 Å². The van der Waals surface area contributed by atoms with Crippen LogP contribution in [-0.2, 0) is 21.2 Å². The molecule has 0 saturated heterocycles. The molecule has 2 aromatic carbocycles. The number of hydrogen-bond acceptors (Lipinski definition) is 7. The fraction of sp³-hybridized carbons (Fsp3) is 0.333. The Balaban J connectivity index is 2.10. The number of carbonyl (C=O) groups is 2. The predicted molar refractivity (Wildman–Crippen MR) is 119 cm³/mol. The number of hydrogen-bond donors (Lipinski definition) is 5. The quantitative estimate of drug-likeness (QED) is 0.450. The Bertz CT molecular complexity index is 1130. The van der Waals surface area contributed by atoms with E-state index in [9.17, 15) is 23.1 Å². The van der Waals surface area contributed by atoms with Gasteiger partial charge in [0.2, 0.25) is 5.91 Å². The molecule has 0 saturated carbocycles. The Morgan fingerprint density at radius 1 is 0.969 bits per heavy atom. The second-order valence-electron chi connectivity index (χ2n) is 7.47. The lowest BCUT2D eigenvalue weighted by Crippen LogP contribution is -2.20. The highest BCUT2D eigenvalue weighted by Gasteiger charge is 2.24. The summed E-state index contributed by atoms with van der Waals surface area (Å²) in [6, 6.07) is 6.75. The molecule has 172 valence electrons. The van der Waals surface area contributed by atoms with Crippen LogP contribution in [0.4, 0.5) is 11.4 Å². The van der Waals surface area contributed by atoms with E-state index in [1.807, 2.05) is 0 Å². The van der Waals surface area contributed by atoms with Crippen LogP contribution in [-0.4, -0.2) is 45.1 Å². The van der Waals surface area contributed by atoms with Crippen LogP contribution in [0.3, 0.4) is 0 Å². The Kier molecular flexibility index (Phi) is 7.21. The first-order valence-corrected chi connectivity index (χ1v) is 11.6. The fourth-order valence-electron chi connectivity index (χ4n) is 3.44. The molecule has 2 aromatic rings. The van der Waals surface area contributed by atoms with Gasteiger partial charge in [-0.05, 0) is 49.1 Å². The average Bonchev–Trinajstić information content (AvgIpc) is 2.71. The topological polar surface area (TPSA) is 174 Å². The number of ether oxygens (including phenoxy) is 1. The van der Waals surface area contributed by atoms with Gasteiger partial charge in [0.15, 0.2) is 0 Å². The van der Waals surface area contributed by atoms with Crippen LogP contribution in [0.5, 0.6) is 5.75 Å². The normalized spacial score (nSPS) is 16.8. The SMILES string of the molecule is NC(=O)c1cc2cc(c1)NS(=O)(=O)c1cc(C(N)=O)c(O)cc1NCCOCCCCC2. The summed E-state index contributed by atoms with van der Waals surface area (Å²) in [7, 11) is -4.24. The molecule has 1 heterocycles. The zero-order chi connectivity index (χ0) is 23.3. The van der Waals surface area contributed by atoms with E-state index in [0.717, 1.165) is 37.0 Å². The molecular formula is C21H26N4O6S. The van der Waals surface area contributed by atoms with Crippen molar-refractivity contribution in [2.75, 3.05) is 29.8 Å². The number of carbonyl (C=O) groups excluding carboxylic acids is 2. The van der Waals surface area contributed by atoms with E-state index >= 15 is 0 Å². The second-order valence-corrected chi connectivity index (χ2v) is 9.12. The van der Waals surface area contributed by atoms with Gasteiger partial charge in [-0.3, -0.25) is 14.3 Å². The van der Waals surface area contributed by atoms with E-state index in [1.165, 1.54) is 6.07 Å². The number of aryl methyl sites for hydroxylation is 1. The first kappa shape index (κ1) is 23.4. The van der Waals surface area contributed by atoms with Crippen LogP contribution in [0.15, 0.2) is 35.2 Å². The highest BCUT2D eigenvalue weighted by Crippen LogP contribution is 2.31. The minimum Gasteiger partial charge on any atom is -0.507 e. The number of anilines is 2. The summed E-state index contributed by atoms with van der Waals surface area (Å²) in [4.78, 5) is 23.1. The molecule has 1 aliphatic rings. The lowest BCUT2D eigenvalue weighted by molar-refractivity contribution is 0.0990. The third kappa shape index (κ3) is 5.68. The Labute approximate surface area is 186 Å². The molecule has 3 rings (SSSR count). The van der Waals surface area contributed by atoms with Gasteiger partial charge in [0.05, 0.1) is 17.9 Å². The maximum Gasteiger partial charge on any atom is 0.263 e. The number of amides is 2. The van der Waals surface area contributed by atoms with E-state index in [-0.39, 0.29) is 33.9 Å². The van der Waals surface area contributed by atoms with Gasteiger partial charge < -0.3 is 26.6 Å². The van der Waals surface area contributed by atoms with Crippen molar-refractivity contribution in [1.82, 2.24) is 0 Å². The maximum atomic E-state index is 13.2. The third-order valence-electron chi connectivity index (χ3n) is 5.00. The van der Waals surface area contributed by atoms with Crippen LogP contribution < -0.4 is 21.5 Å². The molecule has 0 aliphatic carbocycles. The number of aromatic hydroxyl groups is 1. The summed E-state index contributed by atoms with van der Waals surface area (Å²) < 4.78 is 34.5. The number of benzene rings is 2. The van der Waals surface area contributed by atoms with Crippen LogP contribution in [0.25, 0.3) is 0 Å². The molecule has 2 amide bonds.